The second-order valence-electron chi connectivity index (χ2n) is 3.06. The van der Waals surface area contributed by atoms with Crippen LogP contribution in [0.1, 0.15) is 11.3 Å². The monoisotopic (exact) mass is 207 g/mol. The lowest BCUT2D eigenvalue weighted by Gasteiger charge is -2.04. The molecule has 0 aromatic carbocycles. The predicted molar refractivity (Wildman–Crippen MR) is 55.7 cm³/mol. The van der Waals surface area contributed by atoms with Crippen molar-refractivity contribution < 1.29 is 0 Å². The van der Waals surface area contributed by atoms with Crippen molar-refractivity contribution in [2.45, 2.75) is 12.8 Å². The van der Waals surface area contributed by atoms with Crippen LogP contribution in [-0.2, 0) is 5.88 Å². The van der Waals surface area contributed by atoms with Gasteiger partial charge in [0.2, 0.25) is 0 Å². The summed E-state index contributed by atoms with van der Waals surface area (Å²) in [4.78, 5) is 4.37. The highest BCUT2D eigenvalue weighted by atomic mass is 35.5. The van der Waals surface area contributed by atoms with E-state index in [1.807, 2.05) is 31.3 Å². The highest BCUT2D eigenvalue weighted by molar-refractivity contribution is 6.17. The minimum absolute atomic E-state index is 0.498. The van der Waals surface area contributed by atoms with Crippen LogP contribution in [-0.4, -0.2) is 14.8 Å². The summed E-state index contributed by atoms with van der Waals surface area (Å²) in [7, 11) is 0. The lowest BCUT2D eigenvalue weighted by Crippen LogP contribution is -2.00. The topological polar surface area (TPSA) is 30.7 Å². The number of aromatic nitrogens is 3. The van der Waals surface area contributed by atoms with Gasteiger partial charge >= 0.3 is 0 Å². The average Bonchev–Trinajstić information content (AvgIpc) is 2.69. The third-order valence-electron chi connectivity index (χ3n) is 1.89. The molecule has 0 aliphatic carbocycles. The smallest absolute Gasteiger partial charge is 0.153 e. The van der Waals surface area contributed by atoms with Crippen molar-refractivity contribution in [1.29, 1.82) is 0 Å². The Hall–Kier alpha value is -1.35. The molecule has 0 atom stereocenters. The quantitative estimate of drug-likeness (QED) is 0.708. The molecule has 0 fully saturated rings. The SMILES string of the molecule is Cc1cc(CCl)cc(-n2cccn2)n1. The van der Waals surface area contributed by atoms with Gasteiger partial charge in [-0.3, -0.25) is 0 Å². The number of halogens is 1. The molecular weight excluding hydrogens is 198 g/mol. The number of nitrogens with zero attached hydrogens (tertiary/aromatic N) is 3. The summed E-state index contributed by atoms with van der Waals surface area (Å²) in [6.45, 7) is 1.95. The Bertz CT molecular complexity index is 423. The molecular formula is C10H10ClN3. The van der Waals surface area contributed by atoms with Gasteiger partial charge in [0.1, 0.15) is 0 Å². The third kappa shape index (κ3) is 1.77. The van der Waals surface area contributed by atoms with Crippen LogP contribution in [0.5, 0.6) is 0 Å². The molecule has 0 spiro atoms. The van der Waals surface area contributed by atoms with Crippen molar-refractivity contribution in [3.63, 3.8) is 0 Å². The van der Waals surface area contributed by atoms with Gasteiger partial charge in [-0.05, 0) is 30.7 Å². The van der Waals surface area contributed by atoms with E-state index in [4.69, 9.17) is 11.6 Å². The molecule has 0 N–H and O–H groups in total. The van der Waals surface area contributed by atoms with E-state index in [1.165, 1.54) is 0 Å². The fourth-order valence-corrected chi connectivity index (χ4v) is 1.47. The molecule has 0 aliphatic heterocycles. The van der Waals surface area contributed by atoms with Gasteiger partial charge in [0, 0.05) is 24.0 Å². The molecule has 2 rings (SSSR count). The normalized spacial score (nSPS) is 10.4. The largest absolute Gasteiger partial charge is 0.234 e. The Morgan fingerprint density at radius 1 is 1.43 bits per heavy atom. The Labute approximate surface area is 87.3 Å². The van der Waals surface area contributed by atoms with Crippen molar-refractivity contribution in [3.8, 4) is 5.82 Å². The molecule has 0 radical (unpaired) electrons. The zero-order valence-corrected chi connectivity index (χ0v) is 8.57. The summed E-state index contributed by atoms with van der Waals surface area (Å²) in [6, 6.07) is 5.78. The summed E-state index contributed by atoms with van der Waals surface area (Å²) in [5.41, 5.74) is 2.01. The Kier molecular flexibility index (Phi) is 2.50. The highest BCUT2D eigenvalue weighted by Crippen LogP contribution is 2.11. The fraction of sp³-hybridized carbons (Fsp3) is 0.200. The summed E-state index contributed by atoms with van der Waals surface area (Å²) >= 11 is 5.77. The molecule has 72 valence electrons. The zero-order valence-electron chi connectivity index (χ0n) is 7.81. The van der Waals surface area contributed by atoms with E-state index < -0.39 is 0 Å². The van der Waals surface area contributed by atoms with Gasteiger partial charge in [0.15, 0.2) is 5.82 Å². The number of hydrogen-bond acceptors (Lipinski definition) is 2. The molecule has 0 amide bonds. The maximum atomic E-state index is 5.77. The first-order valence-electron chi connectivity index (χ1n) is 4.33. The number of hydrogen-bond donors (Lipinski definition) is 0. The van der Waals surface area contributed by atoms with E-state index in [1.54, 1.807) is 10.9 Å². The van der Waals surface area contributed by atoms with Gasteiger partial charge in [-0.2, -0.15) is 5.10 Å². The molecule has 0 saturated carbocycles. The summed E-state index contributed by atoms with van der Waals surface area (Å²) in [6.07, 6.45) is 3.59. The first kappa shape index (κ1) is 9.21. The van der Waals surface area contributed by atoms with Crippen molar-refractivity contribution in [1.82, 2.24) is 14.8 Å². The van der Waals surface area contributed by atoms with Crippen LogP contribution >= 0.6 is 11.6 Å². The number of pyridine rings is 1. The van der Waals surface area contributed by atoms with Crippen molar-refractivity contribution >= 4 is 11.6 Å². The summed E-state index contributed by atoms with van der Waals surface area (Å²) < 4.78 is 1.73. The van der Waals surface area contributed by atoms with E-state index in [-0.39, 0.29) is 0 Å². The lowest BCUT2D eigenvalue weighted by molar-refractivity contribution is 0.838. The minimum atomic E-state index is 0.498. The van der Waals surface area contributed by atoms with E-state index in [0.717, 1.165) is 17.1 Å². The molecule has 0 bridgehead atoms. The van der Waals surface area contributed by atoms with Crippen LogP contribution in [0, 0.1) is 6.92 Å². The van der Waals surface area contributed by atoms with Gasteiger partial charge in [-0.25, -0.2) is 9.67 Å². The molecule has 14 heavy (non-hydrogen) atoms. The number of rotatable bonds is 2. The van der Waals surface area contributed by atoms with E-state index in [0.29, 0.717) is 5.88 Å². The molecule has 3 nitrogen and oxygen atoms in total. The van der Waals surface area contributed by atoms with Gasteiger partial charge < -0.3 is 0 Å². The predicted octanol–water partition coefficient (Wildman–Crippen LogP) is 2.31. The van der Waals surface area contributed by atoms with Crippen LogP contribution in [0.2, 0.25) is 0 Å². The molecule has 2 aromatic rings. The van der Waals surface area contributed by atoms with Crippen LogP contribution in [0.4, 0.5) is 0 Å². The van der Waals surface area contributed by atoms with Crippen molar-refractivity contribution in [2.75, 3.05) is 0 Å². The van der Waals surface area contributed by atoms with Crippen LogP contribution in [0.3, 0.4) is 0 Å². The van der Waals surface area contributed by atoms with Gasteiger partial charge in [-0.15, -0.1) is 11.6 Å². The van der Waals surface area contributed by atoms with E-state index in [9.17, 15) is 0 Å². The summed E-state index contributed by atoms with van der Waals surface area (Å²) in [5, 5.41) is 4.11. The number of aryl methyl sites for hydroxylation is 1. The molecule has 4 heteroatoms. The Morgan fingerprint density at radius 3 is 2.93 bits per heavy atom. The van der Waals surface area contributed by atoms with Crippen molar-refractivity contribution in [3.05, 3.63) is 41.9 Å². The van der Waals surface area contributed by atoms with Crippen LogP contribution in [0.25, 0.3) is 5.82 Å². The molecule has 2 heterocycles. The van der Waals surface area contributed by atoms with Gasteiger partial charge in [0.25, 0.3) is 0 Å². The number of alkyl halides is 1. The third-order valence-corrected chi connectivity index (χ3v) is 2.20. The first-order valence-corrected chi connectivity index (χ1v) is 4.86. The molecule has 0 saturated heterocycles. The average molecular weight is 208 g/mol. The first-order chi connectivity index (χ1) is 6.79. The summed E-state index contributed by atoms with van der Waals surface area (Å²) in [5.74, 6) is 1.31. The minimum Gasteiger partial charge on any atom is -0.234 e. The second kappa shape index (κ2) is 3.80. The van der Waals surface area contributed by atoms with Crippen LogP contribution in [0.15, 0.2) is 30.6 Å². The second-order valence-corrected chi connectivity index (χ2v) is 3.33. The fourth-order valence-electron chi connectivity index (χ4n) is 1.32. The maximum Gasteiger partial charge on any atom is 0.153 e. The molecule has 2 aromatic heterocycles. The molecule has 0 aliphatic rings. The van der Waals surface area contributed by atoms with Crippen LogP contribution < -0.4 is 0 Å². The standard InChI is InChI=1S/C10H10ClN3/c1-8-5-9(7-11)6-10(13-8)14-4-2-3-12-14/h2-6H,7H2,1H3. The zero-order chi connectivity index (χ0) is 9.97. The van der Waals surface area contributed by atoms with E-state index in [2.05, 4.69) is 10.1 Å². The Morgan fingerprint density at radius 2 is 2.29 bits per heavy atom. The Balaban J connectivity index is 2.48. The highest BCUT2D eigenvalue weighted by Gasteiger charge is 2.01. The maximum absolute atomic E-state index is 5.77. The van der Waals surface area contributed by atoms with Gasteiger partial charge in [0.05, 0.1) is 0 Å². The van der Waals surface area contributed by atoms with Crippen molar-refractivity contribution in [2.24, 2.45) is 0 Å². The molecule has 0 unspecified atom stereocenters. The van der Waals surface area contributed by atoms with Gasteiger partial charge in [-0.1, -0.05) is 0 Å². The lowest BCUT2D eigenvalue weighted by atomic mass is 10.2. The van der Waals surface area contributed by atoms with E-state index >= 15 is 0 Å².